The Morgan fingerprint density at radius 1 is 1.53 bits per heavy atom. The Morgan fingerprint density at radius 2 is 2.32 bits per heavy atom. The van der Waals surface area contributed by atoms with Crippen molar-refractivity contribution in [3.05, 3.63) is 29.8 Å². The molecule has 0 spiro atoms. The Morgan fingerprint density at radius 3 is 3.00 bits per heavy atom. The average molecular weight is 265 g/mol. The molecule has 5 nitrogen and oxygen atoms in total. The van der Waals surface area contributed by atoms with E-state index in [4.69, 9.17) is 9.47 Å². The molecule has 0 saturated carbocycles. The highest BCUT2D eigenvalue weighted by Crippen LogP contribution is 2.19. The number of esters is 1. The maximum absolute atomic E-state index is 11.1. The number of aliphatic hydroxyl groups excluding tert-OH is 1. The normalized spacial score (nSPS) is 26.2. The second-order valence-corrected chi connectivity index (χ2v) is 4.71. The Hall–Kier alpha value is -1.59. The molecule has 0 radical (unpaired) electrons. The minimum Gasteiger partial charge on any atom is -0.497 e. The molecule has 0 aliphatic carbocycles. The zero-order chi connectivity index (χ0) is 13.8. The van der Waals surface area contributed by atoms with Crippen molar-refractivity contribution < 1.29 is 19.4 Å². The summed E-state index contributed by atoms with van der Waals surface area (Å²) in [4.78, 5) is 11.1. The number of carbonyl (C=O) groups is 1. The summed E-state index contributed by atoms with van der Waals surface area (Å²) in [7, 11) is 1.62. The van der Waals surface area contributed by atoms with Crippen LogP contribution in [0.1, 0.15) is 12.5 Å². The van der Waals surface area contributed by atoms with Crippen molar-refractivity contribution in [3.8, 4) is 5.75 Å². The lowest BCUT2D eigenvalue weighted by atomic mass is 10.0. The minimum absolute atomic E-state index is 0.0778. The number of hydrogen-bond donors (Lipinski definition) is 2. The molecule has 1 fully saturated rings. The number of nitrogens with one attached hydrogen (secondary N) is 1. The third-order valence-corrected chi connectivity index (χ3v) is 3.26. The third-order valence-electron chi connectivity index (χ3n) is 3.26. The van der Waals surface area contributed by atoms with Gasteiger partial charge in [-0.3, -0.25) is 4.79 Å². The molecule has 1 aromatic carbocycles. The maximum Gasteiger partial charge on any atom is 0.303 e. The van der Waals surface area contributed by atoms with E-state index in [0.717, 1.165) is 11.3 Å². The SMILES string of the molecule is COc1cccc(C[C@H]2NC[C@H](O)[C@H]2OC(C)=O)c1. The molecule has 1 aromatic rings. The number of methoxy groups -OCH3 is 1. The van der Waals surface area contributed by atoms with Crippen molar-refractivity contribution in [2.45, 2.75) is 31.6 Å². The number of ether oxygens (including phenoxy) is 2. The van der Waals surface area contributed by atoms with Crippen molar-refractivity contribution in [1.29, 1.82) is 0 Å². The molecule has 104 valence electrons. The van der Waals surface area contributed by atoms with Gasteiger partial charge in [-0.25, -0.2) is 0 Å². The van der Waals surface area contributed by atoms with E-state index in [1.54, 1.807) is 7.11 Å². The van der Waals surface area contributed by atoms with E-state index in [2.05, 4.69) is 5.32 Å². The fourth-order valence-electron chi connectivity index (χ4n) is 2.37. The molecule has 0 aromatic heterocycles. The first-order valence-electron chi connectivity index (χ1n) is 6.31. The van der Waals surface area contributed by atoms with E-state index in [9.17, 15) is 9.90 Å². The summed E-state index contributed by atoms with van der Waals surface area (Å²) in [6.07, 6.45) is -0.477. The smallest absolute Gasteiger partial charge is 0.303 e. The third kappa shape index (κ3) is 3.45. The predicted molar refractivity (Wildman–Crippen MR) is 70.0 cm³/mol. The van der Waals surface area contributed by atoms with Crippen LogP contribution in [0.4, 0.5) is 0 Å². The zero-order valence-electron chi connectivity index (χ0n) is 11.1. The lowest BCUT2D eigenvalue weighted by Crippen LogP contribution is -2.38. The molecule has 19 heavy (non-hydrogen) atoms. The monoisotopic (exact) mass is 265 g/mol. The van der Waals surface area contributed by atoms with Crippen molar-refractivity contribution in [2.24, 2.45) is 0 Å². The predicted octanol–water partition coefficient (Wildman–Crippen LogP) is 0.502. The lowest BCUT2D eigenvalue weighted by molar-refractivity contribution is -0.151. The van der Waals surface area contributed by atoms with Gasteiger partial charge in [-0.15, -0.1) is 0 Å². The van der Waals surface area contributed by atoms with Crippen molar-refractivity contribution in [3.63, 3.8) is 0 Å². The highest BCUT2D eigenvalue weighted by atomic mass is 16.6. The highest BCUT2D eigenvalue weighted by Gasteiger charge is 2.37. The highest BCUT2D eigenvalue weighted by molar-refractivity contribution is 5.66. The summed E-state index contributed by atoms with van der Waals surface area (Å²) in [6.45, 7) is 1.79. The van der Waals surface area contributed by atoms with Crippen molar-refractivity contribution >= 4 is 5.97 Å². The van der Waals surface area contributed by atoms with Crippen LogP contribution in [0, 0.1) is 0 Å². The van der Waals surface area contributed by atoms with Crippen LogP contribution in [0.25, 0.3) is 0 Å². The average Bonchev–Trinajstić information content (AvgIpc) is 2.71. The maximum atomic E-state index is 11.1. The van der Waals surface area contributed by atoms with Gasteiger partial charge in [-0.1, -0.05) is 12.1 Å². The molecular formula is C14H19NO4. The first kappa shape index (κ1) is 13.8. The van der Waals surface area contributed by atoms with E-state index >= 15 is 0 Å². The molecule has 1 aliphatic rings. The molecule has 5 heteroatoms. The Kier molecular flexibility index (Phi) is 4.39. The van der Waals surface area contributed by atoms with Crippen LogP contribution in [-0.4, -0.2) is 43.0 Å². The Bertz CT molecular complexity index is 449. The molecule has 3 atom stereocenters. The number of rotatable bonds is 4. The number of aliphatic hydroxyl groups is 1. The van der Waals surface area contributed by atoms with Crippen molar-refractivity contribution in [1.82, 2.24) is 5.32 Å². The largest absolute Gasteiger partial charge is 0.497 e. The van der Waals surface area contributed by atoms with Gasteiger partial charge < -0.3 is 19.9 Å². The van der Waals surface area contributed by atoms with Crippen LogP contribution in [0.2, 0.25) is 0 Å². The van der Waals surface area contributed by atoms with Gasteiger partial charge in [0.25, 0.3) is 0 Å². The zero-order valence-corrected chi connectivity index (χ0v) is 11.1. The van der Waals surface area contributed by atoms with Gasteiger partial charge >= 0.3 is 5.97 Å². The van der Waals surface area contributed by atoms with E-state index in [1.165, 1.54) is 6.92 Å². The quantitative estimate of drug-likeness (QED) is 0.776. The molecular weight excluding hydrogens is 246 g/mol. The molecule has 1 aliphatic heterocycles. The van der Waals surface area contributed by atoms with Crippen LogP contribution in [0.5, 0.6) is 5.75 Å². The number of β-amino-alcohol motifs (C(OH)–C–C–N with tert-alkyl or cyclic N) is 1. The van der Waals surface area contributed by atoms with Crippen molar-refractivity contribution in [2.75, 3.05) is 13.7 Å². The summed E-state index contributed by atoms with van der Waals surface area (Å²) in [6, 6.07) is 7.65. The first-order chi connectivity index (χ1) is 9.10. The van der Waals surface area contributed by atoms with E-state index in [1.807, 2.05) is 24.3 Å². The summed E-state index contributed by atoms with van der Waals surface area (Å²) < 4.78 is 10.4. The number of carbonyl (C=O) groups excluding carboxylic acids is 1. The van der Waals surface area contributed by atoms with Gasteiger partial charge in [0.1, 0.15) is 18.0 Å². The van der Waals surface area contributed by atoms with Gasteiger partial charge in [-0.2, -0.15) is 0 Å². The lowest BCUT2D eigenvalue weighted by Gasteiger charge is -2.21. The van der Waals surface area contributed by atoms with Crippen LogP contribution in [-0.2, 0) is 16.0 Å². The summed E-state index contributed by atoms with van der Waals surface area (Å²) in [5.41, 5.74) is 1.07. The van der Waals surface area contributed by atoms with Gasteiger partial charge in [-0.05, 0) is 24.1 Å². The minimum atomic E-state index is -0.653. The van der Waals surface area contributed by atoms with Gasteiger partial charge in [0, 0.05) is 13.5 Å². The Balaban J connectivity index is 2.06. The second kappa shape index (κ2) is 6.04. The first-order valence-corrected chi connectivity index (χ1v) is 6.31. The Labute approximate surface area is 112 Å². The molecule has 1 heterocycles. The fraction of sp³-hybridized carbons (Fsp3) is 0.500. The molecule has 1 saturated heterocycles. The topological polar surface area (TPSA) is 67.8 Å². The van der Waals surface area contributed by atoms with Crippen LogP contribution >= 0.6 is 0 Å². The van der Waals surface area contributed by atoms with Crippen LogP contribution in [0.15, 0.2) is 24.3 Å². The molecule has 2 N–H and O–H groups in total. The van der Waals surface area contributed by atoms with E-state index in [0.29, 0.717) is 13.0 Å². The summed E-state index contributed by atoms with van der Waals surface area (Å²) >= 11 is 0. The van der Waals surface area contributed by atoms with Gasteiger partial charge in [0.05, 0.1) is 13.2 Å². The number of hydrogen-bond acceptors (Lipinski definition) is 5. The van der Waals surface area contributed by atoms with Crippen LogP contribution in [0.3, 0.4) is 0 Å². The second-order valence-electron chi connectivity index (χ2n) is 4.71. The molecule has 0 bridgehead atoms. The molecule has 0 amide bonds. The molecule has 2 rings (SSSR count). The van der Waals surface area contributed by atoms with Crippen LogP contribution < -0.4 is 10.1 Å². The standard InChI is InChI=1S/C14H19NO4/c1-9(16)19-14-12(15-8-13(14)17)7-10-4-3-5-11(6-10)18-2/h3-6,12-15,17H,7-8H2,1-2H3/t12-,13+,14+/m1/s1. The molecule has 0 unspecified atom stereocenters. The fourth-order valence-corrected chi connectivity index (χ4v) is 2.37. The number of benzene rings is 1. The summed E-state index contributed by atoms with van der Waals surface area (Å²) in [5, 5.41) is 13.0. The van der Waals surface area contributed by atoms with Gasteiger partial charge in [0.2, 0.25) is 0 Å². The van der Waals surface area contributed by atoms with E-state index < -0.39 is 12.2 Å². The van der Waals surface area contributed by atoms with Gasteiger partial charge in [0.15, 0.2) is 0 Å². The van der Waals surface area contributed by atoms with E-state index in [-0.39, 0.29) is 12.0 Å². The summed E-state index contributed by atoms with van der Waals surface area (Å²) in [5.74, 6) is 0.420.